The zero-order valence-electron chi connectivity index (χ0n) is 11.7. The second-order valence-corrected chi connectivity index (χ2v) is 5.42. The number of para-hydroxylation sites is 1. The summed E-state index contributed by atoms with van der Waals surface area (Å²) in [5.74, 6) is -1.16. The molecule has 1 N–H and O–H groups in total. The summed E-state index contributed by atoms with van der Waals surface area (Å²) in [5, 5.41) is 3.29. The minimum absolute atomic E-state index is 0.138. The van der Waals surface area contributed by atoms with E-state index in [-0.39, 0.29) is 13.0 Å². The van der Waals surface area contributed by atoms with Crippen LogP contribution in [0.2, 0.25) is 0 Å². The Bertz CT molecular complexity index is 431. The third kappa shape index (κ3) is 4.13. The van der Waals surface area contributed by atoms with E-state index in [1.54, 1.807) is 0 Å². The van der Waals surface area contributed by atoms with Crippen molar-refractivity contribution in [3.63, 3.8) is 0 Å². The van der Waals surface area contributed by atoms with E-state index >= 15 is 0 Å². The second kappa shape index (κ2) is 6.48. The molecule has 1 aromatic rings. The highest BCUT2D eigenvalue weighted by atomic mass is 19.4. The normalized spacial score (nSPS) is 20.9. The Morgan fingerprint density at radius 2 is 2.05 bits per heavy atom. The maximum Gasteiger partial charge on any atom is 0.393 e. The quantitative estimate of drug-likeness (QED) is 0.908. The summed E-state index contributed by atoms with van der Waals surface area (Å²) in [6.45, 7) is 4.25. The SMILES string of the molecule is Cc1ccccc1NCCN1CCCC(C(F)(F)F)C1. The average molecular weight is 286 g/mol. The van der Waals surface area contributed by atoms with Crippen LogP contribution >= 0.6 is 0 Å². The van der Waals surface area contributed by atoms with E-state index in [2.05, 4.69) is 5.32 Å². The number of piperidine rings is 1. The molecule has 1 fully saturated rings. The Morgan fingerprint density at radius 3 is 2.75 bits per heavy atom. The molecule has 0 amide bonds. The van der Waals surface area contributed by atoms with Crippen molar-refractivity contribution in [2.75, 3.05) is 31.5 Å². The number of hydrogen-bond acceptors (Lipinski definition) is 2. The van der Waals surface area contributed by atoms with E-state index in [4.69, 9.17) is 0 Å². The van der Waals surface area contributed by atoms with Crippen LogP contribution in [0.5, 0.6) is 0 Å². The summed E-state index contributed by atoms with van der Waals surface area (Å²) in [5.41, 5.74) is 2.20. The lowest BCUT2D eigenvalue weighted by Gasteiger charge is -2.33. The van der Waals surface area contributed by atoms with Crippen molar-refractivity contribution in [1.82, 2.24) is 4.90 Å². The summed E-state index contributed by atoms with van der Waals surface area (Å²) in [6, 6.07) is 7.93. The van der Waals surface area contributed by atoms with Crippen LogP contribution in [0.25, 0.3) is 0 Å². The highest BCUT2D eigenvalue weighted by Crippen LogP contribution is 2.32. The highest BCUT2D eigenvalue weighted by molar-refractivity contribution is 5.50. The number of alkyl halides is 3. The monoisotopic (exact) mass is 286 g/mol. The predicted molar refractivity (Wildman–Crippen MR) is 74.9 cm³/mol. The fourth-order valence-electron chi connectivity index (χ4n) is 2.65. The van der Waals surface area contributed by atoms with Crippen LogP contribution in [0.4, 0.5) is 18.9 Å². The number of aryl methyl sites for hydroxylation is 1. The molecule has 0 aliphatic carbocycles. The minimum Gasteiger partial charge on any atom is -0.384 e. The van der Waals surface area contributed by atoms with Gasteiger partial charge in [0.1, 0.15) is 0 Å². The van der Waals surface area contributed by atoms with Gasteiger partial charge in [0.05, 0.1) is 5.92 Å². The highest BCUT2D eigenvalue weighted by Gasteiger charge is 2.41. The molecular weight excluding hydrogens is 265 g/mol. The molecule has 1 heterocycles. The van der Waals surface area contributed by atoms with Crippen molar-refractivity contribution in [1.29, 1.82) is 0 Å². The van der Waals surface area contributed by atoms with Crippen LogP contribution in [0.15, 0.2) is 24.3 Å². The van der Waals surface area contributed by atoms with Gasteiger partial charge in [-0.2, -0.15) is 13.2 Å². The van der Waals surface area contributed by atoms with Gasteiger partial charge < -0.3 is 10.2 Å². The van der Waals surface area contributed by atoms with Crippen molar-refractivity contribution in [2.45, 2.75) is 25.9 Å². The summed E-state index contributed by atoms with van der Waals surface area (Å²) in [7, 11) is 0. The number of halogens is 3. The lowest BCUT2D eigenvalue weighted by molar-refractivity contribution is -0.186. The van der Waals surface area contributed by atoms with Crippen LogP contribution in [0, 0.1) is 12.8 Å². The topological polar surface area (TPSA) is 15.3 Å². The van der Waals surface area contributed by atoms with Crippen molar-refractivity contribution < 1.29 is 13.2 Å². The number of rotatable bonds is 4. The van der Waals surface area contributed by atoms with Gasteiger partial charge in [-0.15, -0.1) is 0 Å². The van der Waals surface area contributed by atoms with Gasteiger partial charge in [-0.25, -0.2) is 0 Å². The van der Waals surface area contributed by atoms with E-state index < -0.39 is 12.1 Å². The average Bonchev–Trinajstić information content (AvgIpc) is 2.40. The van der Waals surface area contributed by atoms with E-state index in [9.17, 15) is 13.2 Å². The third-order valence-electron chi connectivity index (χ3n) is 3.86. The Balaban J connectivity index is 1.78. The number of nitrogens with one attached hydrogen (secondary N) is 1. The zero-order valence-corrected chi connectivity index (χ0v) is 11.7. The molecule has 1 atom stereocenters. The van der Waals surface area contributed by atoms with Gasteiger partial charge in [-0.1, -0.05) is 18.2 Å². The van der Waals surface area contributed by atoms with Gasteiger partial charge >= 0.3 is 6.18 Å². The Hall–Kier alpha value is -1.23. The maximum absolute atomic E-state index is 12.7. The summed E-state index contributed by atoms with van der Waals surface area (Å²) in [6.07, 6.45) is -3.15. The molecule has 0 radical (unpaired) electrons. The van der Waals surface area contributed by atoms with E-state index in [0.29, 0.717) is 19.5 Å². The predicted octanol–water partition coefficient (Wildman–Crippen LogP) is 3.68. The summed E-state index contributed by atoms with van der Waals surface area (Å²) >= 11 is 0. The van der Waals surface area contributed by atoms with Crippen LogP contribution in [-0.4, -0.2) is 37.3 Å². The van der Waals surface area contributed by atoms with Gasteiger partial charge in [0.2, 0.25) is 0 Å². The Labute approximate surface area is 118 Å². The lowest BCUT2D eigenvalue weighted by Crippen LogP contribution is -2.43. The molecular formula is C15H21F3N2. The van der Waals surface area contributed by atoms with E-state index in [0.717, 1.165) is 17.8 Å². The molecule has 20 heavy (non-hydrogen) atoms. The molecule has 0 aromatic heterocycles. The van der Waals surface area contributed by atoms with Gasteiger partial charge in [-0.3, -0.25) is 0 Å². The standard InChI is InChI=1S/C15H21F3N2/c1-12-5-2-3-7-14(12)19-8-10-20-9-4-6-13(11-20)15(16,17)18/h2-3,5,7,13,19H,4,6,8-11H2,1H3. The molecule has 1 aliphatic rings. The summed E-state index contributed by atoms with van der Waals surface area (Å²) < 4.78 is 38.1. The molecule has 1 aromatic carbocycles. The van der Waals surface area contributed by atoms with Gasteiger partial charge in [0.25, 0.3) is 0 Å². The van der Waals surface area contributed by atoms with Crippen LogP contribution < -0.4 is 5.32 Å². The smallest absolute Gasteiger partial charge is 0.384 e. The molecule has 1 unspecified atom stereocenters. The molecule has 112 valence electrons. The number of likely N-dealkylation sites (tertiary alicyclic amines) is 1. The fraction of sp³-hybridized carbons (Fsp3) is 0.600. The van der Waals surface area contributed by atoms with Gasteiger partial charge in [0, 0.05) is 25.3 Å². The first-order chi connectivity index (χ1) is 9.47. The fourth-order valence-corrected chi connectivity index (χ4v) is 2.65. The van der Waals surface area contributed by atoms with Crippen LogP contribution in [0.1, 0.15) is 18.4 Å². The van der Waals surface area contributed by atoms with Crippen molar-refractivity contribution in [3.05, 3.63) is 29.8 Å². The molecule has 2 rings (SSSR count). The van der Waals surface area contributed by atoms with E-state index in [1.165, 1.54) is 0 Å². The lowest BCUT2D eigenvalue weighted by atomic mass is 9.97. The number of hydrogen-bond donors (Lipinski definition) is 1. The molecule has 0 spiro atoms. The van der Waals surface area contributed by atoms with E-state index in [1.807, 2.05) is 36.1 Å². The van der Waals surface area contributed by atoms with Crippen molar-refractivity contribution in [3.8, 4) is 0 Å². The van der Waals surface area contributed by atoms with Gasteiger partial charge in [0.15, 0.2) is 0 Å². The Morgan fingerprint density at radius 1 is 1.30 bits per heavy atom. The minimum atomic E-state index is -4.05. The maximum atomic E-state index is 12.7. The molecule has 0 saturated carbocycles. The third-order valence-corrected chi connectivity index (χ3v) is 3.86. The van der Waals surface area contributed by atoms with Crippen LogP contribution in [0.3, 0.4) is 0 Å². The molecule has 0 bridgehead atoms. The zero-order chi connectivity index (χ0) is 14.6. The number of nitrogens with zero attached hydrogens (tertiary/aromatic N) is 1. The first kappa shape index (κ1) is 15.2. The van der Waals surface area contributed by atoms with Gasteiger partial charge in [-0.05, 0) is 37.9 Å². The van der Waals surface area contributed by atoms with Crippen molar-refractivity contribution >= 4 is 5.69 Å². The van der Waals surface area contributed by atoms with Crippen LogP contribution in [-0.2, 0) is 0 Å². The Kier molecular flexibility index (Phi) is 4.91. The first-order valence-electron chi connectivity index (χ1n) is 7.05. The molecule has 1 saturated heterocycles. The van der Waals surface area contributed by atoms with Crippen molar-refractivity contribution in [2.24, 2.45) is 5.92 Å². The number of anilines is 1. The molecule has 5 heteroatoms. The second-order valence-electron chi connectivity index (χ2n) is 5.42. The molecule has 1 aliphatic heterocycles. The first-order valence-corrected chi connectivity index (χ1v) is 7.05. The number of benzene rings is 1. The summed E-state index contributed by atoms with van der Waals surface area (Å²) in [4.78, 5) is 1.91. The molecule has 2 nitrogen and oxygen atoms in total. The largest absolute Gasteiger partial charge is 0.393 e.